The second-order valence-electron chi connectivity index (χ2n) is 4.45. The van der Waals surface area contributed by atoms with Crippen molar-refractivity contribution in [2.75, 3.05) is 5.43 Å². The molecule has 0 bridgehead atoms. The van der Waals surface area contributed by atoms with Crippen LogP contribution in [0.1, 0.15) is 21.5 Å². The summed E-state index contributed by atoms with van der Waals surface area (Å²) < 4.78 is 0.985. The smallest absolute Gasteiger partial charge is 0.251 e. The Morgan fingerprint density at radius 2 is 2.00 bits per heavy atom. The number of nitrogens with two attached hydrogens (primary N) is 1. The van der Waals surface area contributed by atoms with Crippen molar-refractivity contribution in [3.8, 4) is 0 Å². The van der Waals surface area contributed by atoms with Crippen LogP contribution < -0.4 is 16.6 Å². The standard InChI is InChI=1S/C15H16BrN3O/c1-10-8-11(6-7-14(10)19-17)15(20)18-9-12-4-2-3-5-13(12)16/h2-8,19H,9,17H2,1H3,(H,18,20). The summed E-state index contributed by atoms with van der Waals surface area (Å²) in [5.74, 6) is 5.27. The topological polar surface area (TPSA) is 67.2 Å². The predicted octanol–water partition coefficient (Wildman–Crippen LogP) is 2.97. The maximum absolute atomic E-state index is 12.1. The molecule has 104 valence electrons. The van der Waals surface area contributed by atoms with E-state index < -0.39 is 0 Å². The maximum Gasteiger partial charge on any atom is 0.251 e. The number of amides is 1. The molecule has 0 aromatic heterocycles. The highest BCUT2D eigenvalue weighted by atomic mass is 79.9. The van der Waals surface area contributed by atoms with Gasteiger partial charge < -0.3 is 10.7 Å². The molecule has 4 nitrogen and oxygen atoms in total. The number of hydrazine groups is 1. The number of aryl methyl sites for hydroxylation is 1. The molecule has 0 spiro atoms. The molecule has 20 heavy (non-hydrogen) atoms. The van der Waals surface area contributed by atoms with Gasteiger partial charge >= 0.3 is 0 Å². The van der Waals surface area contributed by atoms with Crippen molar-refractivity contribution >= 4 is 27.5 Å². The van der Waals surface area contributed by atoms with Gasteiger partial charge in [0.05, 0.1) is 5.69 Å². The molecule has 0 atom stereocenters. The second kappa shape index (κ2) is 6.54. The number of nitrogen functional groups attached to an aromatic ring is 1. The van der Waals surface area contributed by atoms with E-state index in [0.717, 1.165) is 21.3 Å². The van der Waals surface area contributed by atoms with Gasteiger partial charge in [0.1, 0.15) is 0 Å². The summed E-state index contributed by atoms with van der Waals surface area (Å²) in [7, 11) is 0. The number of hydrogen-bond donors (Lipinski definition) is 3. The third-order valence-corrected chi connectivity index (χ3v) is 3.81. The zero-order valence-corrected chi connectivity index (χ0v) is 12.7. The molecule has 4 N–H and O–H groups in total. The second-order valence-corrected chi connectivity index (χ2v) is 5.30. The summed E-state index contributed by atoms with van der Waals surface area (Å²) in [5, 5.41) is 2.90. The molecule has 0 radical (unpaired) electrons. The molecular weight excluding hydrogens is 318 g/mol. The van der Waals surface area contributed by atoms with Gasteiger partial charge in [-0.15, -0.1) is 0 Å². The molecular formula is C15H16BrN3O. The Hall–Kier alpha value is -1.85. The number of carbonyl (C=O) groups is 1. The third kappa shape index (κ3) is 3.37. The first-order valence-corrected chi connectivity index (χ1v) is 7.00. The summed E-state index contributed by atoms with van der Waals surface area (Å²) in [4.78, 5) is 12.1. The van der Waals surface area contributed by atoms with Crippen LogP contribution in [0.25, 0.3) is 0 Å². The van der Waals surface area contributed by atoms with E-state index in [-0.39, 0.29) is 5.91 Å². The normalized spacial score (nSPS) is 10.2. The van der Waals surface area contributed by atoms with E-state index in [1.54, 1.807) is 12.1 Å². The fraction of sp³-hybridized carbons (Fsp3) is 0.133. The van der Waals surface area contributed by atoms with Gasteiger partial charge in [-0.3, -0.25) is 10.6 Å². The van der Waals surface area contributed by atoms with Crippen LogP contribution in [0.4, 0.5) is 5.69 Å². The lowest BCUT2D eigenvalue weighted by molar-refractivity contribution is 0.0951. The SMILES string of the molecule is Cc1cc(C(=O)NCc2ccccc2Br)ccc1NN. The first-order valence-electron chi connectivity index (χ1n) is 6.20. The molecule has 0 heterocycles. The van der Waals surface area contributed by atoms with Crippen molar-refractivity contribution in [2.24, 2.45) is 5.84 Å². The molecule has 0 unspecified atom stereocenters. The van der Waals surface area contributed by atoms with Crippen molar-refractivity contribution in [1.29, 1.82) is 0 Å². The fourth-order valence-corrected chi connectivity index (χ4v) is 2.31. The Balaban J connectivity index is 2.05. The molecule has 5 heteroatoms. The zero-order chi connectivity index (χ0) is 14.5. The largest absolute Gasteiger partial charge is 0.348 e. The summed E-state index contributed by atoms with van der Waals surface area (Å²) in [6.07, 6.45) is 0. The lowest BCUT2D eigenvalue weighted by Crippen LogP contribution is -2.23. The van der Waals surface area contributed by atoms with E-state index in [4.69, 9.17) is 5.84 Å². The van der Waals surface area contributed by atoms with Gasteiger partial charge in [0, 0.05) is 16.6 Å². The Kier molecular flexibility index (Phi) is 4.76. The molecule has 2 aromatic carbocycles. The Labute approximate surface area is 126 Å². The van der Waals surface area contributed by atoms with Gasteiger partial charge in [-0.1, -0.05) is 34.1 Å². The number of rotatable bonds is 4. The van der Waals surface area contributed by atoms with Crippen molar-refractivity contribution in [2.45, 2.75) is 13.5 Å². The van der Waals surface area contributed by atoms with Crippen LogP contribution in [0.2, 0.25) is 0 Å². The summed E-state index contributed by atoms with van der Waals surface area (Å²) >= 11 is 3.46. The van der Waals surface area contributed by atoms with Crippen molar-refractivity contribution in [3.05, 3.63) is 63.6 Å². The molecule has 0 aliphatic carbocycles. The van der Waals surface area contributed by atoms with Crippen LogP contribution in [-0.2, 0) is 6.54 Å². The zero-order valence-electron chi connectivity index (χ0n) is 11.1. The summed E-state index contributed by atoms with van der Waals surface area (Å²) in [6, 6.07) is 13.2. The average molecular weight is 334 g/mol. The number of benzene rings is 2. The van der Waals surface area contributed by atoms with E-state index in [1.807, 2.05) is 37.3 Å². The average Bonchev–Trinajstić information content (AvgIpc) is 2.46. The number of carbonyl (C=O) groups excluding carboxylic acids is 1. The minimum atomic E-state index is -0.104. The molecule has 2 rings (SSSR count). The summed E-state index contributed by atoms with van der Waals surface area (Å²) in [5.41, 5.74) is 5.99. The van der Waals surface area contributed by atoms with Gasteiger partial charge in [-0.2, -0.15) is 0 Å². The highest BCUT2D eigenvalue weighted by molar-refractivity contribution is 9.10. The van der Waals surface area contributed by atoms with Crippen molar-refractivity contribution in [1.82, 2.24) is 5.32 Å². The van der Waals surface area contributed by atoms with Crippen LogP contribution in [0, 0.1) is 6.92 Å². The molecule has 0 saturated heterocycles. The molecule has 0 saturated carbocycles. The monoisotopic (exact) mass is 333 g/mol. The third-order valence-electron chi connectivity index (χ3n) is 3.04. The molecule has 2 aromatic rings. The van der Waals surface area contributed by atoms with Crippen LogP contribution in [0.15, 0.2) is 46.9 Å². The quantitative estimate of drug-likeness (QED) is 0.595. The van der Waals surface area contributed by atoms with Crippen molar-refractivity contribution in [3.63, 3.8) is 0 Å². The van der Waals surface area contributed by atoms with Gasteiger partial charge in [0.25, 0.3) is 5.91 Å². The molecule has 0 aliphatic heterocycles. The first-order chi connectivity index (χ1) is 9.61. The Bertz CT molecular complexity index is 628. The van der Waals surface area contributed by atoms with E-state index in [0.29, 0.717) is 12.1 Å². The number of halogens is 1. The molecule has 1 amide bonds. The van der Waals surface area contributed by atoms with E-state index in [2.05, 4.69) is 26.7 Å². The van der Waals surface area contributed by atoms with Gasteiger partial charge in [-0.25, -0.2) is 0 Å². The molecule has 0 aliphatic rings. The van der Waals surface area contributed by atoms with Gasteiger partial charge in [0.2, 0.25) is 0 Å². The van der Waals surface area contributed by atoms with Crippen molar-refractivity contribution < 1.29 is 4.79 Å². The van der Waals surface area contributed by atoms with Gasteiger partial charge in [0.15, 0.2) is 0 Å². The summed E-state index contributed by atoms with van der Waals surface area (Å²) in [6.45, 7) is 2.38. The van der Waals surface area contributed by atoms with Crippen LogP contribution in [0.5, 0.6) is 0 Å². The first kappa shape index (κ1) is 14.6. The lowest BCUT2D eigenvalue weighted by atomic mass is 10.1. The predicted molar refractivity (Wildman–Crippen MR) is 84.3 cm³/mol. The van der Waals surface area contributed by atoms with E-state index in [1.165, 1.54) is 0 Å². The van der Waals surface area contributed by atoms with Crippen LogP contribution in [-0.4, -0.2) is 5.91 Å². The number of nitrogens with one attached hydrogen (secondary N) is 2. The van der Waals surface area contributed by atoms with Crippen LogP contribution >= 0.6 is 15.9 Å². The molecule has 0 fully saturated rings. The number of hydrogen-bond acceptors (Lipinski definition) is 3. The minimum Gasteiger partial charge on any atom is -0.348 e. The number of anilines is 1. The minimum absolute atomic E-state index is 0.104. The van der Waals surface area contributed by atoms with E-state index in [9.17, 15) is 4.79 Å². The fourth-order valence-electron chi connectivity index (χ4n) is 1.89. The Morgan fingerprint density at radius 3 is 2.65 bits per heavy atom. The van der Waals surface area contributed by atoms with E-state index >= 15 is 0 Å². The highest BCUT2D eigenvalue weighted by Gasteiger charge is 2.08. The Morgan fingerprint density at radius 1 is 1.25 bits per heavy atom. The maximum atomic E-state index is 12.1. The lowest BCUT2D eigenvalue weighted by Gasteiger charge is -2.09. The van der Waals surface area contributed by atoms with Crippen LogP contribution in [0.3, 0.4) is 0 Å². The van der Waals surface area contributed by atoms with Gasteiger partial charge in [-0.05, 0) is 42.3 Å². The highest BCUT2D eigenvalue weighted by Crippen LogP contribution is 2.17.